The van der Waals surface area contributed by atoms with E-state index in [0.29, 0.717) is 44.8 Å². The number of amides is 1. The van der Waals surface area contributed by atoms with Gasteiger partial charge in [-0.1, -0.05) is 5.21 Å². The van der Waals surface area contributed by atoms with Crippen LogP contribution in [0.25, 0.3) is 0 Å². The summed E-state index contributed by atoms with van der Waals surface area (Å²) in [4.78, 5) is 25.3. The van der Waals surface area contributed by atoms with Crippen molar-refractivity contribution in [2.45, 2.75) is 51.7 Å². The number of methoxy groups -OCH3 is 1. The first-order chi connectivity index (χ1) is 11.7. The van der Waals surface area contributed by atoms with Gasteiger partial charge in [-0.3, -0.25) is 0 Å². The lowest BCUT2D eigenvalue weighted by Gasteiger charge is -2.33. The zero-order chi connectivity index (χ0) is 18.6. The van der Waals surface area contributed by atoms with E-state index in [1.165, 1.54) is 0 Å². The molecule has 0 atom stereocenters. The second-order valence-corrected chi connectivity index (χ2v) is 7.09. The first kappa shape index (κ1) is 19.2. The molecule has 1 aromatic heterocycles. The summed E-state index contributed by atoms with van der Waals surface area (Å²) in [5.74, 6) is -1.11. The Morgan fingerprint density at radius 3 is 2.44 bits per heavy atom. The Balaban J connectivity index is 2.08. The Morgan fingerprint density at radius 2 is 1.92 bits per heavy atom. The maximum absolute atomic E-state index is 12.2. The molecule has 1 amide bonds. The maximum Gasteiger partial charge on any atom is 0.410 e. The fourth-order valence-electron chi connectivity index (χ4n) is 2.88. The lowest BCUT2D eigenvalue weighted by Crippen LogP contribution is -2.41. The number of carbonyl (C=O) groups is 2. The van der Waals surface area contributed by atoms with E-state index in [2.05, 4.69) is 10.3 Å². The number of aromatic carboxylic acids is 1. The van der Waals surface area contributed by atoms with Gasteiger partial charge in [-0.25, -0.2) is 14.3 Å². The van der Waals surface area contributed by atoms with Crippen LogP contribution >= 0.6 is 0 Å². The highest BCUT2D eigenvalue weighted by molar-refractivity contribution is 5.86. The summed E-state index contributed by atoms with van der Waals surface area (Å²) >= 11 is 0. The Bertz CT molecular complexity index is 615. The molecule has 1 fully saturated rings. The van der Waals surface area contributed by atoms with Crippen molar-refractivity contribution < 1.29 is 24.2 Å². The van der Waals surface area contributed by atoms with Gasteiger partial charge in [0.1, 0.15) is 5.60 Å². The SMILES string of the molecule is COCCn1nnc(C(=O)O)c1C1CCN(C(=O)OC(C)(C)C)CC1. The molecule has 0 radical (unpaired) electrons. The smallest absolute Gasteiger partial charge is 0.410 e. The van der Waals surface area contributed by atoms with Gasteiger partial charge in [0.15, 0.2) is 5.69 Å². The molecule has 2 rings (SSSR count). The average molecular weight is 354 g/mol. The molecule has 2 heterocycles. The molecule has 1 aliphatic rings. The molecule has 25 heavy (non-hydrogen) atoms. The van der Waals surface area contributed by atoms with E-state index in [-0.39, 0.29) is 17.7 Å². The molecule has 9 heteroatoms. The van der Waals surface area contributed by atoms with Crippen LogP contribution in [-0.2, 0) is 16.0 Å². The third kappa shape index (κ3) is 4.91. The zero-order valence-electron chi connectivity index (χ0n) is 15.2. The topological polar surface area (TPSA) is 107 Å². The van der Waals surface area contributed by atoms with Crippen LogP contribution in [0.15, 0.2) is 0 Å². The van der Waals surface area contributed by atoms with Crippen LogP contribution in [0, 0.1) is 0 Å². The summed E-state index contributed by atoms with van der Waals surface area (Å²) in [5, 5.41) is 17.1. The van der Waals surface area contributed by atoms with Gasteiger partial charge >= 0.3 is 12.1 Å². The summed E-state index contributed by atoms with van der Waals surface area (Å²) in [5.41, 5.74) is 0.0489. The number of rotatable bonds is 5. The van der Waals surface area contributed by atoms with Crippen molar-refractivity contribution in [2.75, 3.05) is 26.8 Å². The number of aromatic nitrogens is 3. The van der Waals surface area contributed by atoms with Crippen LogP contribution in [0.5, 0.6) is 0 Å². The first-order valence-corrected chi connectivity index (χ1v) is 8.36. The molecule has 140 valence electrons. The van der Waals surface area contributed by atoms with Gasteiger partial charge < -0.3 is 19.5 Å². The number of piperidine rings is 1. The van der Waals surface area contributed by atoms with Gasteiger partial charge in [0.2, 0.25) is 0 Å². The first-order valence-electron chi connectivity index (χ1n) is 8.36. The van der Waals surface area contributed by atoms with Gasteiger partial charge in [-0.05, 0) is 33.6 Å². The van der Waals surface area contributed by atoms with Crippen LogP contribution in [0.1, 0.15) is 55.7 Å². The van der Waals surface area contributed by atoms with Crippen LogP contribution in [0.3, 0.4) is 0 Å². The van der Waals surface area contributed by atoms with Crippen molar-refractivity contribution in [1.29, 1.82) is 0 Å². The second kappa shape index (κ2) is 7.81. The monoisotopic (exact) mass is 354 g/mol. The minimum atomic E-state index is -1.09. The van der Waals surface area contributed by atoms with E-state index in [1.807, 2.05) is 20.8 Å². The molecule has 1 aliphatic heterocycles. The molecule has 1 N–H and O–H groups in total. The molecule has 1 saturated heterocycles. The lowest BCUT2D eigenvalue weighted by atomic mass is 9.92. The van der Waals surface area contributed by atoms with E-state index in [4.69, 9.17) is 9.47 Å². The van der Waals surface area contributed by atoms with E-state index < -0.39 is 11.6 Å². The molecule has 0 spiro atoms. The lowest BCUT2D eigenvalue weighted by molar-refractivity contribution is 0.0202. The van der Waals surface area contributed by atoms with Gasteiger partial charge in [0.05, 0.1) is 18.8 Å². The number of hydrogen-bond acceptors (Lipinski definition) is 6. The summed E-state index contributed by atoms with van der Waals surface area (Å²) in [7, 11) is 1.58. The number of carboxylic acids is 1. The van der Waals surface area contributed by atoms with Crippen LogP contribution in [0.2, 0.25) is 0 Å². The minimum Gasteiger partial charge on any atom is -0.476 e. The molecule has 1 aromatic rings. The van der Waals surface area contributed by atoms with E-state index in [1.54, 1.807) is 16.7 Å². The molecular formula is C16H26N4O5. The molecule has 9 nitrogen and oxygen atoms in total. The zero-order valence-corrected chi connectivity index (χ0v) is 15.2. The van der Waals surface area contributed by atoms with Crippen molar-refractivity contribution in [1.82, 2.24) is 19.9 Å². The standard InChI is InChI=1S/C16H26N4O5/c1-16(2,3)25-15(23)19-7-5-11(6-8-19)13-12(14(21)22)17-18-20(13)9-10-24-4/h11H,5-10H2,1-4H3,(H,21,22). The van der Waals surface area contributed by atoms with Crippen molar-refractivity contribution in [3.8, 4) is 0 Å². The quantitative estimate of drug-likeness (QED) is 0.858. The molecule has 0 unspecified atom stereocenters. The molecule has 0 saturated carbocycles. The van der Waals surface area contributed by atoms with Crippen LogP contribution in [-0.4, -0.2) is 69.5 Å². The molecular weight excluding hydrogens is 328 g/mol. The van der Waals surface area contributed by atoms with E-state index in [0.717, 1.165) is 0 Å². The predicted molar refractivity (Wildman–Crippen MR) is 88.6 cm³/mol. The fraction of sp³-hybridized carbons (Fsp3) is 0.750. The number of carboxylic acid groups (broad SMARTS) is 1. The van der Waals surface area contributed by atoms with E-state index >= 15 is 0 Å². The number of ether oxygens (including phenoxy) is 2. The fourth-order valence-corrected chi connectivity index (χ4v) is 2.88. The molecule has 0 bridgehead atoms. The Labute approximate surface area is 146 Å². The number of likely N-dealkylation sites (tertiary alicyclic amines) is 1. The van der Waals surface area contributed by atoms with Crippen molar-refractivity contribution >= 4 is 12.1 Å². The third-order valence-electron chi connectivity index (χ3n) is 4.02. The van der Waals surface area contributed by atoms with Crippen LogP contribution in [0.4, 0.5) is 4.79 Å². The Hall–Kier alpha value is -2.16. The maximum atomic E-state index is 12.2. The van der Waals surface area contributed by atoms with Gasteiger partial charge in [-0.15, -0.1) is 5.10 Å². The van der Waals surface area contributed by atoms with Gasteiger partial charge in [0, 0.05) is 26.1 Å². The number of carbonyl (C=O) groups excluding carboxylic acids is 1. The summed E-state index contributed by atoms with van der Waals surface area (Å²) in [6, 6.07) is 0. The Morgan fingerprint density at radius 1 is 1.28 bits per heavy atom. The summed E-state index contributed by atoms with van der Waals surface area (Å²) < 4.78 is 12.0. The summed E-state index contributed by atoms with van der Waals surface area (Å²) in [6.45, 7) is 7.37. The van der Waals surface area contributed by atoms with Crippen molar-refractivity contribution in [3.05, 3.63) is 11.4 Å². The number of nitrogens with zero attached hydrogens (tertiary/aromatic N) is 4. The average Bonchev–Trinajstić information content (AvgIpc) is 2.95. The summed E-state index contributed by atoms with van der Waals surface area (Å²) in [6.07, 6.45) is 0.940. The highest BCUT2D eigenvalue weighted by atomic mass is 16.6. The highest BCUT2D eigenvalue weighted by Crippen LogP contribution is 2.30. The van der Waals surface area contributed by atoms with Crippen molar-refractivity contribution in [3.63, 3.8) is 0 Å². The highest BCUT2D eigenvalue weighted by Gasteiger charge is 2.32. The normalized spacial score (nSPS) is 16.1. The Kier molecular flexibility index (Phi) is 5.99. The third-order valence-corrected chi connectivity index (χ3v) is 4.02. The number of hydrogen-bond donors (Lipinski definition) is 1. The van der Waals surface area contributed by atoms with Crippen molar-refractivity contribution in [2.24, 2.45) is 0 Å². The molecule has 0 aliphatic carbocycles. The second-order valence-electron chi connectivity index (χ2n) is 7.09. The van der Waals surface area contributed by atoms with E-state index in [9.17, 15) is 14.7 Å². The molecule has 0 aromatic carbocycles. The van der Waals surface area contributed by atoms with Gasteiger partial charge in [-0.2, -0.15) is 0 Å². The minimum absolute atomic E-state index is 0.0170. The van der Waals surface area contributed by atoms with Crippen LogP contribution < -0.4 is 0 Å². The van der Waals surface area contributed by atoms with Gasteiger partial charge in [0.25, 0.3) is 0 Å². The largest absolute Gasteiger partial charge is 0.476 e. The predicted octanol–water partition coefficient (Wildman–Crippen LogP) is 1.74.